The molecular formula is C24H21F2N3O2. The molecule has 5 rings (SSSR count). The maximum absolute atomic E-state index is 13.6. The normalized spacial score (nSPS) is 20.0. The Morgan fingerprint density at radius 1 is 1.10 bits per heavy atom. The summed E-state index contributed by atoms with van der Waals surface area (Å²) in [5.74, 6) is -1.25. The second-order valence-corrected chi connectivity index (χ2v) is 7.77. The molecule has 7 heteroatoms. The largest absolute Gasteiger partial charge is 0.371 e. The minimum absolute atomic E-state index is 0.0761. The summed E-state index contributed by atoms with van der Waals surface area (Å²) >= 11 is 0. The monoisotopic (exact) mass is 421 g/mol. The van der Waals surface area contributed by atoms with Crippen LogP contribution >= 0.6 is 0 Å². The van der Waals surface area contributed by atoms with Gasteiger partial charge in [-0.1, -0.05) is 24.3 Å². The maximum atomic E-state index is 13.6. The minimum Gasteiger partial charge on any atom is -0.371 e. The Kier molecular flexibility index (Phi) is 5.11. The fourth-order valence-electron chi connectivity index (χ4n) is 4.26. The van der Waals surface area contributed by atoms with Gasteiger partial charge in [0.1, 0.15) is 11.9 Å². The van der Waals surface area contributed by atoms with Crippen molar-refractivity contribution in [1.29, 1.82) is 0 Å². The number of hydrogen-bond acceptors (Lipinski definition) is 4. The number of halogens is 2. The number of para-hydroxylation sites is 1. The summed E-state index contributed by atoms with van der Waals surface area (Å²) in [4.78, 5) is 19.1. The van der Waals surface area contributed by atoms with Gasteiger partial charge in [0.2, 0.25) is 0 Å². The lowest BCUT2D eigenvalue weighted by Gasteiger charge is -2.21. The van der Waals surface area contributed by atoms with Crippen LogP contribution in [0.2, 0.25) is 0 Å². The molecule has 1 amide bonds. The zero-order valence-corrected chi connectivity index (χ0v) is 16.7. The number of fused-ring (bicyclic) bond motifs is 1. The third-order valence-corrected chi connectivity index (χ3v) is 5.84. The van der Waals surface area contributed by atoms with Gasteiger partial charge in [-0.25, -0.2) is 13.8 Å². The van der Waals surface area contributed by atoms with E-state index in [1.807, 2.05) is 24.3 Å². The first-order chi connectivity index (χ1) is 15.1. The summed E-state index contributed by atoms with van der Waals surface area (Å²) < 4.78 is 32.6. The highest BCUT2D eigenvalue weighted by atomic mass is 19.2. The van der Waals surface area contributed by atoms with Gasteiger partial charge in [-0.05, 0) is 54.3 Å². The third-order valence-electron chi connectivity index (χ3n) is 5.84. The number of carbonyl (C=O) groups excluding carboxylic acids is 1. The maximum Gasteiger partial charge on any atom is 0.259 e. The molecule has 3 heterocycles. The molecule has 0 bridgehead atoms. The van der Waals surface area contributed by atoms with Crippen molar-refractivity contribution in [2.75, 3.05) is 23.4 Å². The number of benzene rings is 2. The Bertz CT molecular complexity index is 1120. The van der Waals surface area contributed by atoms with Gasteiger partial charge in [-0.2, -0.15) is 0 Å². The van der Waals surface area contributed by atoms with Crippen molar-refractivity contribution in [3.63, 3.8) is 0 Å². The van der Waals surface area contributed by atoms with E-state index in [0.717, 1.165) is 18.2 Å². The van der Waals surface area contributed by atoms with Gasteiger partial charge in [0.15, 0.2) is 11.6 Å². The first kappa shape index (κ1) is 19.6. The Labute approximate surface area is 178 Å². The molecule has 0 spiro atoms. The Morgan fingerprint density at radius 3 is 2.77 bits per heavy atom. The Morgan fingerprint density at radius 2 is 1.97 bits per heavy atom. The van der Waals surface area contributed by atoms with Crippen LogP contribution in [-0.4, -0.2) is 30.1 Å². The molecule has 2 aliphatic rings. The second kappa shape index (κ2) is 8.07. The average Bonchev–Trinajstić information content (AvgIpc) is 3.43. The smallest absolute Gasteiger partial charge is 0.259 e. The van der Waals surface area contributed by atoms with Crippen LogP contribution in [0.25, 0.3) is 0 Å². The number of carbonyl (C=O) groups is 1. The van der Waals surface area contributed by atoms with Crippen molar-refractivity contribution in [3.8, 4) is 0 Å². The van der Waals surface area contributed by atoms with Gasteiger partial charge < -0.3 is 15.0 Å². The zero-order valence-electron chi connectivity index (χ0n) is 16.7. The number of amides is 1. The van der Waals surface area contributed by atoms with Crippen LogP contribution in [0.15, 0.2) is 60.8 Å². The van der Waals surface area contributed by atoms with Crippen LogP contribution in [0.4, 0.5) is 20.3 Å². The number of pyridine rings is 1. The van der Waals surface area contributed by atoms with Crippen molar-refractivity contribution >= 4 is 17.4 Å². The summed E-state index contributed by atoms with van der Waals surface area (Å²) in [6.45, 7) is 1.17. The molecule has 1 aromatic heterocycles. The van der Waals surface area contributed by atoms with Crippen LogP contribution < -0.4 is 10.2 Å². The molecule has 2 atom stereocenters. The SMILES string of the molecule is O=C(c1ccc(NC2CCOC2c2ccc(F)c(F)c2)nc1)N1CCc2ccccc21. The molecule has 2 aromatic carbocycles. The van der Waals surface area contributed by atoms with Crippen LogP contribution in [0.1, 0.15) is 34.0 Å². The van der Waals surface area contributed by atoms with Gasteiger partial charge in [0.25, 0.3) is 5.91 Å². The molecule has 0 aliphatic carbocycles. The first-order valence-electron chi connectivity index (χ1n) is 10.3. The predicted molar refractivity (Wildman–Crippen MR) is 113 cm³/mol. The number of ether oxygens (including phenoxy) is 1. The van der Waals surface area contributed by atoms with E-state index in [4.69, 9.17) is 4.74 Å². The second-order valence-electron chi connectivity index (χ2n) is 7.77. The standard InChI is InChI=1S/C24H21F2N3O2/c25-18-7-5-16(13-19(18)26)23-20(10-12-31-23)28-22-8-6-17(14-27-22)24(30)29-11-9-15-3-1-2-4-21(15)29/h1-8,13-14,20,23H,9-12H2,(H,27,28). The molecule has 3 aromatic rings. The third kappa shape index (κ3) is 3.77. The van der Waals surface area contributed by atoms with Crippen LogP contribution in [-0.2, 0) is 11.2 Å². The highest BCUT2D eigenvalue weighted by molar-refractivity contribution is 6.07. The van der Waals surface area contributed by atoms with Gasteiger partial charge >= 0.3 is 0 Å². The molecule has 1 fully saturated rings. The van der Waals surface area contributed by atoms with E-state index in [1.165, 1.54) is 17.7 Å². The molecule has 158 valence electrons. The quantitative estimate of drug-likeness (QED) is 0.674. The molecular weight excluding hydrogens is 400 g/mol. The highest BCUT2D eigenvalue weighted by Gasteiger charge is 2.31. The topological polar surface area (TPSA) is 54.5 Å². The fraction of sp³-hybridized carbons (Fsp3) is 0.250. The van der Waals surface area contributed by atoms with Gasteiger partial charge in [0.05, 0.1) is 11.6 Å². The zero-order chi connectivity index (χ0) is 21.4. The molecule has 2 aliphatic heterocycles. The average molecular weight is 421 g/mol. The van der Waals surface area contributed by atoms with Crippen molar-refractivity contribution in [1.82, 2.24) is 4.98 Å². The van der Waals surface area contributed by atoms with Crippen molar-refractivity contribution < 1.29 is 18.3 Å². The van der Waals surface area contributed by atoms with E-state index in [-0.39, 0.29) is 11.9 Å². The molecule has 2 unspecified atom stereocenters. The van der Waals surface area contributed by atoms with E-state index < -0.39 is 17.7 Å². The van der Waals surface area contributed by atoms with Crippen molar-refractivity contribution in [3.05, 3.63) is 89.1 Å². The van der Waals surface area contributed by atoms with Crippen LogP contribution in [0.3, 0.4) is 0 Å². The number of hydrogen-bond donors (Lipinski definition) is 1. The number of nitrogens with zero attached hydrogens (tertiary/aromatic N) is 2. The van der Waals surface area contributed by atoms with Crippen molar-refractivity contribution in [2.45, 2.75) is 25.0 Å². The number of nitrogens with one attached hydrogen (secondary N) is 1. The summed E-state index contributed by atoms with van der Waals surface area (Å²) in [5.41, 5.74) is 3.22. The Balaban J connectivity index is 1.29. The lowest BCUT2D eigenvalue weighted by atomic mass is 10.0. The minimum atomic E-state index is -0.892. The number of anilines is 2. The van der Waals surface area contributed by atoms with Crippen molar-refractivity contribution in [2.24, 2.45) is 0 Å². The van der Waals surface area contributed by atoms with Gasteiger partial charge in [0, 0.05) is 25.0 Å². The van der Waals surface area contributed by atoms with E-state index in [1.54, 1.807) is 23.2 Å². The lowest BCUT2D eigenvalue weighted by Crippen LogP contribution is -2.29. The summed E-state index contributed by atoms with van der Waals surface area (Å²) in [5, 5.41) is 3.30. The summed E-state index contributed by atoms with van der Waals surface area (Å²) in [7, 11) is 0. The summed E-state index contributed by atoms with van der Waals surface area (Å²) in [6, 6.07) is 15.1. The van der Waals surface area contributed by atoms with E-state index in [9.17, 15) is 13.6 Å². The highest BCUT2D eigenvalue weighted by Crippen LogP contribution is 2.32. The van der Waals surface area contributed by atoms with Crippen LogP contribution in [0.5, 0.6) is 0 Å². The molecule has 0 saturated carbocycles. The number of aromatic nitrogens is 1. The predicted octanol–water partition coefficient (Wildman–Crippen LogP) is 4.50. The molecule has 0 radical (unpaired) electrons. The molecule has 1 N–H and O–H groups in total. The van der Waals surface area contributed by atoms with Gasteiger partial charge in [-0.15, -0.1) is 0 Å². The number of rotatable bonds is 4. The fourth-order valence-corrected chi connectivity index (χ4v) is 4.26. The van der Waals surface area contributed by atoms with E-state index in [2.05, 4.69) is 10.3 Å². The Hall–Kier alpha value is -3.32. The van der Waals surface area contributed by atoms with E-state index in [0.29, 0.717) is 36.5 Å². The lowest BCUT2D eigenvalue weighted by molar-refractivity contribution is 0.0989. The van der Waals surface area contributed by atoms with E-state index >= 15 is 0 Å². The summed E-state index contributed by atoms with van der Waals surface area (Å²) in [6.07, 6.45) is 2.71. The first-order valence-corrected chi connectivity index (χ1v) is 10.3. The molecule has 5 nitrogen and oxygen atoms in total. The molecule has 1 saturated heterocycles. The van der Waals surface area contributed by atoms with Crippen LogP contribution in [0, 0.1) is 11.6 Å². The molecule has 31 heavy (non-hydrogen) atoms. The van der Waals surface area contributed by atoms with Gasteiger partial charge in [-0.3, -0.25) is 4.79 Å².